The molecule has 2 rings (SSSR count). The average Bonchev–Trinajstić information content (AvgIpc) is 2.49. The summed E-state index contributed by atoms with van der Waals surface area (Å²) in [5, 5.41) is 0. The molecule has 0 radical (unpaired) electrons. The zero-order valence-electron chi connectivity index (χ0n) is 12.5. The maximum Gasteiger partial charge on any atom is 0.161 e. The molecule has 0 heterocycles. The predicted octanol–water partition coefficient (Wildman–Crippen LogP) is 5.59. The Balaban J connectivity index is 2.48. The van der Waals surface area contributed by atoms with E-state index in [2.05, 4.69) is 39.9 Å². The van der Waals surface area contributed by atoms with Crippen LogP contribution in [0.1, 0.15) is 37.0 Å². The van der Waals surface area contributed by atoms with Gasteiger partial charge < -0.3 is 4.90 Å². The summed E-state index contributed by atoms with van der Waals surface area (Å²) in [5.74, 6) is 0.0868. The minimum absolute atomic E-state index is 0.0868. The van der Waals surface area contributed by atoms with Crippen LogP contribution in [-0.2, 0) is 0 Å². The van der Waals surface area contributed by atoms with Gasteiger partial charge in [0.1, 0.15) is 0 Å². The van der Waals surface area contributed by atoms with Gasteiger partial charge in [-0.2, -0.15) is 0 Å². The molecule has 2 aromatic rings. The standard InChI is InChI=1S/C18H20BrNO/c1-3-4-12-20(16-8-6-5-7-9-16)18-11-10-15(19)13-17(18)14(2)21/h5-11,13H,3-4,12H2,1-2H3. The van der Waals surface area contributed by atoms with Gasteiger partial charge >= 0.3 is 0 Å². The van der Waals surface area contributed by atoms with Crippen molar-refractivity contribution < 1.29 is 4.79 Å². The third-order valence-corrected chi connectivity index (χ3v) is 3.93. The van der Waals surface area contributed by atoms with Gasteiger partial charge in [0.05, 0.1) is 5.69 Å². The minimum atomic E-state index is 0.0868. The zero-order chi connectivity index (χ0) is 15.2. The number of anilines is 2. The maximum absolute atomic E-state index is 12.0. The fraction of sp³-hybridized carbons (Fsp3) is 0.278. The molecule has 2 aromatic carbocycles. The fourth-order valence-electron chi connectivity index (χ4n) is 2.34. The Labute approximate surface area is 134 Å². The first-order chi connectivity index (χ1) is 10.1. The van der Waals surface area contributed by atoms with E-state index in [-0.39, 0.29) is 5.78 Å². The normalized spacial score (nSPS) is 10.4. The number of Topliss-reactive ketones (excluding diaryl/α,β-unsaturated/α-hetero) is 1. The van der Waals surface area contributed by atoms with Crippen LogP contribution < -0.4 is 4.90 Å². The van der Waals surface area contributed by atoms with Crippen molar-refractivity contribution in [2.45, 2.75) is 26.7 Å². The van der Waals surface area contributed by atoms with Crippen LogP contribution in [0.5, 0.6) is 0 Å². The van der Waals surface area contributed by atoms with Crippen molar-refractivity contribution in [1.29, 1.82) is 0 Å². The molecule has 0 bridgehead atoms. The quantitative estimate of drug-likeness (QED) is 0.636. The SMILES string of the molecule is CCCCN(c1ccccc1)c1ccc(Br)cc1C(C)=O. The Morgan fingerprint density at radius 3 is 2.48 bits per heavy atom. The van der Waals surface area contributed by atoms with E-state index in [1.807, 2.05) is 36.4 Å². The molecule has 0 aliphatic rings. The molecule has 21 heavy (non-hydrogen) atoms. The topological polar surface area (TPSA) is 20.3 Å². The van der Waals surface area contributed by atoms with E-state index in [9.17, 15) is 4.79 Å². The minimum Gasteiger partial charge on any atom is -0.341 e. The molecule has 3 heteroatoms. The molecule has 0 aliphatic heterocycles. The van der Waals surface area contributed by atoms with Gasteiger partial charge in [0.2, 0.25) is 0 Å². The Morgan fingerprint density at radius 1 is 1.14 bits per heavy atom. The third-order valence-electron chi connectivity index (χ3n) is 3.43. The lowest BCUT2D eigenvalue weighted by molar-refractivity contribution is 0.101. The molecule has 0 amide bonds. The largest absolute Gasteiger partial charge is 0.341 e. The molecule has 0 saturated carbocycles. The van der Waals surface area contributed by atoms with Crippen LogP contribution in [0.2, 0.25) is 0 Å². The fourth-order valence-corrected chi connectivity index (χ4v) is 2.70. The van der Waals surface area contributed by atoms with Crippen molar-refractivity contribution in [2.75, 3.05) is 11.4 Å². The zero-order valence-corrected chi connectivity index (χ0v) is 14.1. The lowest BCUT2D eigenvalue weighted by Gasteiger charge is -2.27. The number of carbonyl (C=O) groups is 1. The van der Waals surface area contributed by atoms with Crippen LogP contribution in [0.4, 0.5) is 11.4 Å². The number of carbonyl (C=O) groups excluding carboxylic acids is 1. The monoisotopic (exact) mass is 345 g/mol. The van der Waals surface area contributed by atoms with Crippen molar-refractivity contribution in [1.82, 2.24) is 0 Å². The van der Waals surface area contributed by atoms with Crippen LogP contribution in [-0.4, -0.2) is 12.3 Å². The number of hydrogen-bond acceptors (Lipinski definition) is 2. The molecule has 0 aliphatic carbocycles. The first-order valence-electron chi connectivity index (χ1n) is 7.26. The van der Waals surface area contributed by atoms with Gasteiger partial charge in [0.25, 0.3) is 0 Å². The highest BCUT2D eigenvalue weighted by Crippen LogP contribution is 2.31. The summed E-state index contributed by atoms with van der Waals surface area (Å²) in [5.41, 5.74) is 2.85. The third kappa shape index (κ3) is 3.94. The summed E-state index contributed by atoms with van der Waals surface area (Å²) >= 11 is 3.45. The van der Waals surface area contributed by atoms with Crippen LogP contribution in [0.3, 0.4) is 0 Å². The predicted molar refractivity (Wildman–Crippen MR) is 92.5 cm³/mol. The van der Waals surface area contributed by atoms with Gasteiger partial charge in [-0.3, -0.25) is 4.79 Å². The van der Waals surface area contributed by atoms with Crippen molar-refractivity contribution >= 4 is 33.1 Å². The lowest BCUT2D eigenvalue weighted by atomic mass is 10.1. The van der Waals surface area contributed by atoms with Gasteiger partial charge in [0, 0.05) is 22.3 Å². The van der Waals surface area contributed by atoms with E-state index < -0.39 is 0 Å². The van der Waals surface area contributed by atoms with Crippen LogP contribution in [0.15, 0.2) is 53.0 Å². The molecule has 0 atom stereocenters. The Bertz CT molecular complexity index is 610. The lowest BCUT2D eigenvalue weighted by Crippen LogP contribution is -2.20. The van der Waals surface area contributed by atoms with Crippen molar-refractivity contribution in [3.8, 4) is 0 Å². The highest BCUT2D eigenvalue weighted by Gasteiger charge is 2.15. The number of hydrogen-bond donors (Lipinski definition) is 0. The van der Waals surface area contributed by atoms with Crippen molar-refractivity contribution in [2.24, 2.45) is 0 Å². The van der Waals surface area contributed by atoms with Gasteiger partial charge in [0.15, 0.2) is 5.78 Å². The molecule has 0 N–H and O–H groups in total. The second-order valence-corrected chi connectivity index (χ2v) is 5.97. The smallest absolute Gasteiger partial charge is 0.161 e. The summed E-state index contributed by atoms with van der Waals surface area (Å²) in [7, 11) is 0. The highest BCUT2D eigenvalue weighted by atomic mass is 79.9. The second-order valence-electron chi connectivity index (χ2n) is 5.06. The van der Waals surface area contributed by atoms with E-state index in [1.165, 1.54) is 0 Å². The first kappa shape index (κ1) is 15.8. The van der Waals surface area contributed by atoms with E-state index in [4.69, 9.17) is 0 Å². The molecular weight excluding hydrogens is 326 g/mol. The van der Waals surface area contributed by atoms with Gasteiger partial charge in [-0.05, 0) is 43.7 Å². The molecule has 0 aromatic heterocycles. The summed E-state index contributed by atoms with van der Waals surface area (Å²) in [6, 6.07) is 16.1. The Hall–Kier alpha value is -1.61. The molecule has 0 unspecified atom stereocenters. The van der Waals surface area contributed by atoms with Gasteiger partial charge in [-0.15, -0.1) is 0 Å². The van der Waals surface area contributed by atoms with Crippen molar-refractivity contribution in [3.63, 3.8) is 0 Å². The number of ketones is 1. The summed E-state index contributed by atoms with van der Waals surface area (Å²) in [6.07, 6.45) is 2.21. The number of halogens is 1. The number of unbranched alkanes of at least 4 members (excludes halogenated alkanes) is 1. The molecule has 0 spiro atoms. The summed E-state index contributed by atoms with van der Waals surface area (Å²) < 4.78 is 0.931. The first-order valence-corrected chi connectivity index (χ1v) is 8.06. The van der Waals surface area contributed by atoms with E-state index in [0.29, 0.717) is 0 Å². The second kappa shape index (κ2) is 7.41. The average molecular weight is 346 g/mol. The molecule has 2 nitrogen and oxygen atoms in total. The molecule has 0 saturated heterocycles. The van der Waals surface area contributed by atoms with Crippen LogP contribution in [0, 0.1) is 0 Å². The molecule has 0 fully saturated rings. The van der Waals surface area contributed by atoms with E-state index >= 15 is 0 Å². The van der Waals surface area contributed by atoms with Gasteiger partial charge in [-0.1, -0.05) is 47.5 Å². The molecule has 110 valence electrons. The highest BCUT2D eigenvalue weighted by molar-refractivity contribution is 9.10. The van der Waals surface area contributed by atoms with Gasteiger partial charge in [-0.25, -0.2) is 0 Å². The van der Waals surface area contributed by atoms with E-state index in [1.54, 1.807) is 6.92 Å². The Morgan fingerprint density at radius 2 is 1.86 bits per heavy atom. The summed E-state index contributed by atoms with van der Waals surface area (Å²) in [6.45, 7) is 4.70. The van der Waals surface area contributed by atoms with Crippen LogP contribution in [0.25, 0.3) is 0 Å². The molecular formula is C18H20BrNO. The number of nitrogens with zero attached hydrogens (tertiary/aromatic N) is 1. The number of rotatable bonds is 6. The number of benzene rings is 2. The maximum atomic E-state index is 12.0. The van der Waals surface area contributed by atoms with E-state index in [0.717, 1.165) is 40.8 Å². The Kier molecular flexibility index (Phi) is 5.57. The van der Waals surface area contributed by atoms with Crippen molar-refractivity contribution in [3.05, 3.63) is 58.6 Å². The number of para-hydroxylation sites is 1. The summed E-state index contributed by atoms with van der Waals surface area (Å²) in [4.78, 5) is 14.2. The van der Waals surface area contributed by atoms with Crippen LogP contribution >= 0.6 is 15.9 Å².